The summed E-state index contributed by atoms with van der Waals surface area (Å²) in [6, 6.07) is 6.07. The van der Waals surface area contributed by atoms with Crippen LogP contribution in [0.15, 0.2) is 35.4 Å². The van der Waals surface area contributed by atoms with Crippen LogP contribution in [0.5, 0.6) is 0 Å². The van der Waals surface area contributed by atoms with Crippen LogP contribution in [0.1, 0.15) is 36.0 Å². The average Bonchev–Trinajstić information content (AvgIpc) is 2.81. The van der Waals surface area contributed by atoms with E-state index in [1.54, 1.807) is 0 Å². The van der Waals surface area contributed by atoms with E-state index in [4.69, 9.17) is 16.3 Å². The summed E-state index contributed by atoms with van der Waals surface area (Å²) in [5, 5.41) is 15.7. The highest BCUT2D eigenvalue weighted by molar-refractivity contribution is 7.89. The maximum atomic E-state index is 12.9. The van der Waals surface area contributed by atoms with Crippen LogP contribution in [0.3, 0.4) is 0 Å². The van der Waals surface area contributed by atoms with Gasteiger partial charge in [-0.05, 0) is 61.5 Å². The number of nitrogens with zero attached hydrogens (tertiary/aromatic N) is 3. The van der Waals surface area contributed by atoms with E-state index < -0.39 is 15.9 Å². The van der Waals surface area contributed by atoms with Crippen LogP contribution in [0.4, 0.5) is 11.5 Å². The number of rotatable bonds is 6. The van der Waals surface area contributed by atoms with E-state index in [-0.39, 0.29) is 27.9 Å². The molecule has 1 saturated heterocycles. The predicted molar refractivity (Wildman–Crippen MR) is 123 cm³/mol. The van der Waals surface area contributed by atoms with Gasteiger partial charge >= 0.3 is 0 Å². The zero-order valence-electron chi connectivity index (χ0n) is 17.9. The molecule has 0 unspecified atom stereocenters. The van der Waals surface area contributed by atoms with Gasteiger partial charge < -0.3 is 20.5 Å². The normalized spacial score (nSPS) is 22.0. The fourth-order valence-electron chi connectivity index (χ4n) is 3.89. The Morgan fingerprint density at radius 2 is 1.79 bits per heavy atom. The van der Waals surface area contributed by atoms with Crippen molar-refractivity contribution in [1.82, 2.24) is 14.3 Å². The Morgan fingerprint density at radius 1 is 1.12 bits per heavy atom. The first-order valence-corrected chi connectivity index (χ1v) is 12.6. The van der Waals surface area contributed by atoms with Crippen molar-refractivity contribution in [1.29, 1.82) is 0 Å². The number of ether oxygens (including phenoxy) is 1. The Morgan fingerprint density at radius 3 is 2.45 bits per heavy atom. The third-order valence-electron chi connectivity index (χ3n) is 5.76. The standard InChI is InChI=1S/C21H26ClN5O5S/c22-21-23-13-18(19(26-21)24-14-1-5-16(28)6-2-14)20(29)25-15-3-7-17(8-4-15)33(30,31)27-9-11-32-12-10-27/h3-4,7-8,13-14,16,28H,1-2,5-6,9-12H2,(H,25,29)(H,23,24,26). The lowest BCUT2D eigenvalue weighted by molar-refractivity contribution is 0.0730. The summed E-state index contributed by atoms with van der Waals surface area (Å²) in [6.07, 6.45) is 3.92. The molecular formula is C21H26ClN5O5S. The lowest BCUT2D eigenvalue weighted by Gasteiger charge is -2.27. The van der Waals surface area contributed by atoms with Gasteiger partial charge in [-0.3, -0.25) is 4.79 Å². The molecule has 1 saturated carbocycles. The molecule has 1 aromatic carbocycles. The molecule has 0 radical (unpaired) electrons. The second kappa shape index (κ2) is 10.3. The molecular weight excluding hydrogens is 470 g/mol. The van der Waals surface area contributed by atoms with Crippen molar-refractivity contribution in [2.75, 3.05) is 36.9 Å². The van der Waals surface area contributed by atoms with Crippen molar-refractivity contribution < 1.29 is 23.1 Å². The van der Waals surface area contributed by atoms with E-state index in [1.165, 1.54) is 34.8 Å². The second-order valence-electron chi connectivity index (χ2n) is 8.05. The lowest BCUT2D eigenvalue weighted by atomic mass is 9.93. The van der Waals surface area contributed by atoms with Crippen LogP contribution in [0.2, 0.25) is 5.28 Å². The number of morpholine rings is 1. The second-order valence-corrected chi connectivity index (χ2v) is 10.3. The minimum Gasteiger partial charge on any atom is -0.393 e. The molecule has 178 valence electrons. The summed E-state index contributed by atoms with van der Waals surface area (Å²) in [7, 11) is -3.61. The molecule has 2 heterocycles. The Hall–Kier alpha value is -2.31. The quantitative estimate of drug-likeness (QED) is 0.519. The van der Waals surface area contributed by atoms with Crippen LogP contribution in [0, 0.1) is 0 Å². The Balaban J connectivity index is 1.46. The molecule has 0 atom stereocenters. The van der Waals surface area contributed by atoms with E-state index in [0.717, 1.165) is 12.8 Å². The highest BCUT2D eigenvalue weighted by Crippen LogP contribution is 2.25. The number of aromatic nitrogens is 2. The molecule has 4 rings (SSSR count). The summed E-state index contributed by atoms with van der Waals surface area (Å²) >= 11 is 5.94. The molecule has 1 aliphatic carbocycles. The summed E-state index contributed by atoms with van der Waals surface area (Å²) < 4.78 is 32.1. The number of nitrogens with one attached hydrogen (secondary N) is 2. The molecule has 10 nitrogen and oxygen atoms in total. The first-order chi connectivity index (χ1) is 15.8. The number of carbonyl (C=O) groups is 1. The smallest absolute Gasteiger partial charge is 0.260 e. The number of aliphatic hydroxyl groups is 1. The SMILES string of the molecule is O=C(Nc1ccc(S(=O)(=O)N2CCOCC2)cc1)c1cnc(Cl)nc1NC1CCC(O)CC1. The number of benzene rings is 1. The van der Waals surface area contributed by atoms with Gasteiger partial charge in [0, 0.05) is 31.0 Å². The molecule has 1 aromatic heterocycles. The summed E-state index contributed by atoms with van der Waals surface area (Å²) in [6.45, 7) is 1.36. The van der Waals surface area contributed by atoms with Gasteiger partial charge in [0.1, 0.15) is 11.4 Å². The largest absolute Gasteiger partial charge is 0.393 e. The van der Waals surface area contributed by atoms with Crippen molar-refractivity contribution in [2.24, 2.45) is 0 Å². The molecule has 1 aliphatic heterocycles. The molecule has 2 aliphatic rings. The fourth-order valence-corrected chi connectivity index (χ4v) is 5.44. The highest BCUT2D eigenvalue weighted by Gasteiger charge is 2.26. The summed E-state index contributed by atoms with van der Waals surface area (Å²) in [4.78, 5) is 21.2. The van der Waals surface area contributed by atoms with Crippen LogP contribution < -0.4 is 10.6 Å². The third-order valence-corrected chi connectivity index (χ3v) is 7.86. The van der Waals surface area contributed by atoms with Crippen LogP contribution in [-0.2, 0) is 14.8 Å². The van der Waals surface area contributed by atoms with Gasteiger partial charge in [0.05, 0.1) is 24.2 Å². The predicted octanol–water partition coefficient (Wildman–Crippen LogP) is 2.12. The van der Waals surface area contributed by atoms with Crippen molar-refractivity contribution >= 4 is 39.0 Å². The number of sulfonamides is 1. The lowest BCUT2D eigenvalue weighted by Crippen LogP contribution is -2.40. The topological polar surface area (TPSA) is 134 Å². The third kappa shape index (κ3) is 5.79. The van der Waals surface area contributed by atoms with Gasteiger partial charge in [-0.25, -0.2) is 13.4 Å². The number of halogens is 1. The molecule has 3 N–H and O–H groups in total. The van der Waals surface area contributed by atoms with Gasteiger partial charge in [-0.15, -0.1) is 0 Å². The van der Waals surface area contributed by atoms with E-state index in [1.807, 2.05) is 0 Å². The van der Waals surface area contributed by atoms with Gasteiger partial charge in [0.25, 0.3) is 5.91 Å². The molecule has 2 fully saturated rings. The highest BCUT2D eigenvalue weighted by atomic mass is 35.5. The molecule has 33 heavy (non-hydrogen) atoms. The van der Waals surface area contributed by atoms with Gasteiger partial charge in [0.15, 0.2) is 0 Å². The van der Waals surface area contributed by atoms with Crippen molar-refractivity contribution in [2.45, 2.75) is 42.7 Å². The Kier molecular flexibility index (Phi) is 7.45. The minimum atomic E-state index is -3.61. The first kappa shape index (κ1) is 23.8. The molecule has 1 amide bonds. The van der Waals surface area contributed by atoms with Gasteiger partial charge in [0.2, 0.25) is 15.3 Å². The van der Waals surface area contributed by atoms with E-state index >= 15 is 0 Å². The van der Waals surface area contributed by atoms with E-state index in [2.05, 4.69) is 20.6 Å². The maximum absolute atomic E-state index is 12.9. The number of hydrogen-bond donors (Lipinski definition) is 3. The zero-order valence-corrected chi connectivity index (χ0v) is 19.5. The molecule has 0 spiro atoms. The van der Waals surface area contributed by atoms with Crippen LogP contribution >= 0.6 is 11.6 Å². The first-order valence-electron chi connectivity index (χ1n) is 10.8. The minimum absolute atomic E-state index is 0.0163. The fraction of sp³-hybridized carbons (Fsp3) is 0.476. The molecule has 12 heteroatoms. The van der Waals surface area contributed by atoms with E-state index in [0.29, 0.717) is 50.7 Å². The van der Waals surface area contributed by atoms with Gasteiger partial charge in [-0.1, -0.05) is 0 Å². The average molecular weight is 496 g/mol. The number of carbonyl (C=O) groups excluding carboxylic acids is 1. The number of anilines is 2. The van der Waals surface area contributed by atoms with Crippen LogP contribution in [0.25, 0.3) is 0 Å². The number of hydrogen-bond acceptors (Lipinski definition) is 8. The van der Waals surface area contributed by atoms with E-state index in [9.17, 15) is 18.3 Å². The number of amides is 1. The number of aliphatic hydroxyl groups excluding tert-OH is 1. The Labute approximate surface area is 197 Å². The monoisotopic (exact) mass is 495 g/mol. The van der Waals surface area contributed by atoms with Crippen molar-refractivity contribution in [3.63, 3.8) is 0 Å². The summed E-state index contributed by atoms with van der Waals surface area (Å²) in [5.74, 6) is -0.130. The van der Waals surface area contributed by atoms with Crippen LogP contribution in [-0.4, -0.2) is 72.2 Å². The Bertz CT molecular complexity index is 1080. The van der Waals surface area contributed by atoms with Gasteiger partial charge in [-0.2, -0.15) is 9.29 Å². The molecule has 0 bridgehead atoms. The van der Waals surface area contributed by atoms with Crippen molar-refractivity contribution in [3.05, 3.63) is 41.3 Å². The van der Waals surface area contributed by atoms with Crippen molar-refractivity contribution in [3.8, 4) is 0 Å². The molecule has 2 aromatic rings. The maximum Gasteiger partial charge on any atom is 0.260 e. The zero-order chi connectivity index (χ0) is 23.4. The summed E-state index contributed by atoms with van der Waals surface area (Å²) in [5.41, 5.74) is 0.651.